The lowest BCUT2D eigenvalue weighted by Crippen LogP contribution is -2.43. The Morgan fingerprint density at radius 3 is 2.79 bits per heavy atom. The summed E-state index contributed by atoms with van der Waals surface area (Å²) in [5.74, 6) is 0.580. The maximum absolute atomic E-state index is 11.7. The minimum absolute atomic E-state index is 0.209. The monoisotopic (exact) mass is 282 g/mol. The minimum Gasteiger partial charge on any atom is -0.383 e. The van der Waals surface area contributed by atoms with Crippen molar-refractivity contribution in [2.45, 2.75) is 32.8 Å². The van der Waals surface area contributed by atoms with Crippen LogP contribution in [0.25, 0.3) is 0 Å². The van der Waals surface area contributed by atoms with E-state index in [9.17, 15) is 9.90 Å². The maximum atomic E-state index is 11.7. The molecule has 2 amide bonds. The summed E-state index contributed by atoms with van der Waals surface area (Å²) in [5, 5.41) is 17.8. The normalized spacial score (nSPS) is 23.5. The van der Waals surface area contributed by atoms with Gasteiger partial charge in [-0.3, -0.25) is 0 Å². The molecule has 3 N–H and O–H groups in total. The van der Waals surface area contributed by atoms with E-state index in [-0.39, 0.29) is 12.6 Å². The number of aliphatic hydroxyl groups is 1. The largest absolute Gasteiger partial charge is 0.383 e. The molecule has 0 saturated heterocycles. The van der Waals surface area contributed by atoms with Gasteiger partial charge in [0.15, 0.2) is 0 Å². The fraction of sp³-hybridized carbons (Fsp3) is 0.643. The van der Waals surface area contributed by atoms with Gasteiger partial charge >= 0.3 is 6.03 Å². The Balaban J connectivity index is 1.71. The van der Waals surface area contributed by atoms with Gasteiger partial charge in [0.1, 0.15) is 5.60 Å². The molecule has 0 bridgehead atoms. The zero-order valence-corrected chi connectivity index (χ0v) is 12.5. The van der Waals surface area contributed by atoms with Crippen LogP contribution >= 0.6 is 11.3 Å². The average molecular weight is 282 g/mol. The zero-order valence-electron chi connectivity index (χ0n) is 11.7. The third-order valence-corrected chi connectivity index (χ3v) is 4.99. The number of nitrogens with one attached hydrogen (secondary N) is 2. The molecule has 1 aliphatic rings. The maximum Gasteiger partial charge on any atom is 0.314 e. The Hall–Kier alpha value is -1.07. The molecular weight excluding hydrogens is 260 g/mol. The Labute approximate surface area is 118 Å². The van der Waals surface area contributed by atoms with Crippen LogP contribution in [0.1, 0.15) is 32.1 Å². The van der Waals surface area contributed by atoms with Crippen molar-refractivity contribution in [1.82, 2.24) is 10.6 Å². The van der Waals surface area contributed by atoms with Gasteiger partial charge < -0.3 is 15.7 Å². The van der Waals surface area contributed by atoms with Gasteiger partial charge in [0, 0.05) is 11.4 Å². The Morgan fingerprint density at radius 2 is 2.26 bits per heavy atom. The number of carbonyl (C=O) groups is 1. The topological polar surface area (TPSA) is 61.4 Å². The number of hydrogen-bond acceptors (Lipinski definition) is 3. The van der Waals surface area contributed by atoms with Crippen molar-refractivity contribution in [2.24, 2.45) is 11.3 Å². The van der Waals surface area contributed by atoms with Crippen molar-refractivity contribution >= 4 is 17.4 Å². The number of hydrogen-bond donors (Lipinski definition) is 3. The molecule has 1 heterocycles. The molecule has 1 aromatic heterocycles. The first-order valence-corrected chi connectivity index (χ1v) is 7.47. The van der Waals surface area contributed by atoms with E-state index in [1.54, 1.807) is 6.92 Å². The van der Waals surface area contributed by atoms with E-state index < -0.39 is 5.60 Å². The molecule has 106 valence electrons. The number of amides is 2. The summed E-state index contributed by atoms with van der Waals surface area (Å²) in [6, 6.07) is 3.56. The molecule has 4 nitrogen and oxygen atoms in total. The predicted octanol–water partition coefficient (Wildman–Crippen LogP) is 2.30. The molecule has 0 spiro atoms. The highest BCUT2D eigenvalue weighted by Gasteiger charge is 2.45. The predicted molar refractivity (Wildman–Crippen MR) is 77.2 cm³/mol. The molecule has 1 saturated carbocycles. The number of thiophene rings is 1. The van der Waals surface area contributed by atoms with E-state index in [2.05, 4.69) is 24.5 Å². The lowest BCUT2D eigenvalue weighted by atomic mass is 10.1. The van der Waals surface area contributed by atoms with E-state index in [1.807, 2.05) is 17.5 Å². The third kappa shape index (κ3) is 3.70. The highest BCUT2D eigenvalue weighted by Crippen LogP contribution is 2.50. The Morgan fingerprint density at radius 1 is 1.58 bits per heavy atom. The minimum atomic E-state index is -1.01. The molecule has 19 heavy (non-hydrogen) atoms. The van der Waals surface area contributed by atoms with Crippen LogP contribution in [0.5, 0.6) is 0 Å². The molecule has 2 atom stereocenters. The van der Waals surface area contributed by atoms with Gasteiger partial charge in [-0.25, -0.2) is 4.79 Å². The van der Waals surface area contributed by atoms with Gasteiger partial charge in [-0.2, -0.15) is 0 Å². The molecule has 1 aromatic rings. The van der Waals surface area contributed by atoms with E-state index in [0.717, 1.165) is 4.88 Å². The Bertz CT molecular complexity index is 440. The second-order valence-electron chi connectivity index (χ2n) is 6.20. The lowest BCUT2D eigenvalue weighted by molar-refractivity contribution is 0.0631. The van der Waals surface area contributed by atoms with E-state index in [4.69, 9.17) is 0 Å². The smallest absolute Gasteiger partial charge is 0.314 e. The summed E-state index contributed by atoms with van der Waals surface area (Å²) < 4.78 is 0. The van der Waals surface area contributed by atoms with Crippen LogP contribution in [0.3, 0.4) is 0 Å². The second-order valence-corrected chi connectivity index (χ2v) is 7.15. The molecule has 0 aliphatic heterocycles. The van der Waals surface area contributed by atoms with Crippen molar-refractivity contribution in [3.8, 4) is 0 Å². The molecule has 0 radical (unpaired) electrons. The molecule has 0 aromatic carbocycles. The van der Waals surface area contributed by atoms with Crippen LogP contribution < -0.4 is 10.6 Å². The summed E-state index contributed by atoms with van der Waals surface area (Å²) in [6.45, 7) is 7.05. The molecule has 1 aliphatic carbocycles. The Kier molecular flexibility index (Phi) is 3.87. The fourth-order valence-electron chi connectivity index (χ4n) is 2.13. The summed E-state index contributed by atoms with van der Waals surface area (Å²) in [7, 11) is 0. The molecular formula is C14H22N2O2S. The van der Waals surface area contributed by atoms with Crippen molar-refractivity contribution in [2.75, 3.05) is 13.1 Å². The van der Waals surface area contributed by atoms with Gasteiger partial charge in [-0.05, 0) is 36.1 Å². The quantitative estimate of drug-likeness (QED) is 0.776. The van der Waals surface area contributed by atoms with E-state index in [1.165, 1.54) is 17.8 Å². The van der Waals surface area contributed by atoms with Crippen LogP contribution in [-0.2, 0) is 5.60 Å². The molecule has 2 unspecified atom stereocenters. The van der Waals surface area contributed by atoms with Crippen LogP contribution in [0.2, 0.25) is 0 Å². The average Bonchev–Trinajstić information content (AvgIpc) is 2.79. The number of carbonyl (C=O) groups excluding carboxylic acids is 1. The third-order valence-electron chi connectivity index (χ3n) is 3.87. The highest BCUT2D eigenvalue weighted by molar-refractivity contribution is 7.10. The number of urea groups is 1. The first-order chi connectivity index (χ1) is 8.81. The lowest BCUT2D eigenvalue weighted by Gasteiger charge is -2.22. The summed E-state index contributed by atoms with van der Waals surface area (Å²) in [4.78, 5) is 12.5. The standard InChI is InChI=1S/C14H22N2O2S/c1-13(2)7-10(13)8-15-12(17)16-9-14(3,18)11-5-4-6-19-11/h4-6,10,18H,7-9H2,1-3H3,(H2,15,16,17). The van der Waals surface area contributed by atoms with Gasteiger partial charge in [-0.15, -0.1) is 11.3 Å². The second kappa shape index (κ2) is 5.13. The SMILES string of the molecule is CC(O)(CNC(=O)NCC1CC1(C)C)c1cccs1. The summed E-state index contributed by atoms with van der Waals surface area (Å²) >= 11 is 1.49. The molecule has 1 fully saturated rings. The first-order valence-electron chi connectivity index (χ1n) is 6.59. The first kappa shape index (κ1) is 14.3. The number of rotatable bonds is 5. The van der Waals surface area contributed by atoms with Crippen molar-refractivity contribution in [3.05, 3.63) is 22.4 Å². The molecule has 5 heteroatoms. The zero-order chi connectivity index (χ0) is 14.1. The van der Waals surface area contributed by atoms with Gasteiger partial charge in [0.05, 0.1) is 6.54 Å². The van der Waals surface area contributed by atoms with Crippen LogP contribution in [0, 0.1) is 11.3 Å². The van der Waals surface area contributed by atoms with Crippen LogP contribution in [-0.4, -0.2) is 24.2 Å². The van der Waals surface area contributed by atoms with Gasteiger partial charge in [0.2, 0.25) is 0 Å². The molecule has 2 rings (SSSR count). The van der Waals surface area contributed by atoms with Crippen LogP contribution in [0.4, 0.5) is 4.79 Å². The van der Waals surface area contributed by atoms with Crippen molar-refractivity contribution in [1.29, 1.82) is 0 Å². The van der Waals surface area contributed by atoms with Crippen molar-refractivity contribution < 1.29 is 9.90 Å². The highest BCUT2D eigenvalue weighted by atomic mass is 32.1. The van der Waals surface area contributed by atoms with E-state index in [0.29, 0.717) is 17.9 Å². The van der Waals surface area contributed by atoms with Gasteiger partial charge in [0.25, 0.3) is 0 Å². The van der Waals surface area contributed by atoms with Crippen molar-refractivity contribution in [3.63, 3.8) is 0 Å². The van der Waals surface area contributed by atoms with Gasteiger partial charge in [-0.1, -0.05) is 19.9 Å². The van der Waals surface area contributed by atoms with Crippen LogP contribution in [0.15, 0.2) is 17.5 Å². The summed E-state index contributed by atoms with van der Waals surface area (Å²) in [5.41, 5.74) is -0.639. The van der Waals surface area contributed by atoms with E-state index >= 15 is 0 Å². The fourth-order valence-corrected chi connectivity index (χ4v) is 2.91. The summed E-state index contributed by atoms with van der Waals surface area (Å²) in [6.07, 6.45) is 1.17.